The van der Waals surface area contributed by atoms with E-state index in [4.69, 9.17) is 9.97 Å². The highest BCUT2D eigenvalue weighted by Crippen LogP contribution is 2.34. The number of aromatic nitrogens is 5. The Labute approximate surface area is 204 Å². The van der Waals surface area contributed by atoms with Gasteiger partial charge in [-0.3, -0.25) is 4.57 Å². The summed E-state index contributed by atoms with van der Waals surface area (Å²) in [6.45, 7) is 4.30. The Morgan fingerprint density at radius 2 is 1.43 bits per heavy atom. The Hall–Kier alpha value is -4.51. The number of pyridine rings is 1. The molecule has 0 atom stereocenters. The van der Waals surface area contributed by atoms with Gasteiger partial charge in [-0.15, -0.1) is 0 Å². The molecule has 0 aliphatic rings. The average molecular weight is 456 g/mol. The Bertz CT molecular complexity index is 1650. The topological polar surface area (TPSA) is 48.5 Å². The molecule has 5 nitrogen and oxygen atoms in total. The summed E-state index contributed by atoms with van der Waals surface area (Å²) in [6, 6.07) is 29.3. The number of rotatable bonds is 4. The SMILES string of the molecule is Cc1cccc(C)c1-c1nc2ccc(-c3cccc(-c4nccn4C)n3)cc2n1-c1ccccc1. The second kappa shape index (κ2) is 8.37. The van der Waals surface area contributed by atoms with Crippen LogP contribution < -0.4 is 0 Å². The largest absolute Gasteiger partial charge is 0.333 e. The standard InChI is InChI=1S/C30H25N5/c1-20-9-7-10-21(2)28(20)30-33-25-16-15-22(19-27(25)35(30)23-11-5-4-6-12-23)24-13-8-14-26(32-24)29-31-17-18-34(29)3/h4-19H,1-3H3. The molecule has 0 spiro atoms. The first-order valence-electron chi connectivity index (χ1n) is 11.7. The van der Waals surface area contributed by atoms with Crippen molar-refractivity contribution in [2.75, 3.05) is 0 Å². The maximum Gasteiger partial charge on any atom is 0.158 e. The van der Waals surface area contributed by atoms with E-state index >= 15 is 0 Å². The highest BCUT2D eigenvalue weighted by atomic mass is 15.1. The van der Waals surface area contributed by atoms with Crippen molar-refractivity contribution >= 4 is 11.0 Å². The van der Waals surface area contributed by atoms with Crippen molar-refractivity contribution in [3.63, 3.8) is 0 Å². The third-order valence-corrected chi connectivity index (χ3v) is 6.47. The summed E-state index contributed by atoms with van der Waals surface area (Å²) >= 11 is 0. The van der Waals surface area contributed by atoms with Crippen molar-refractivity contribution in [3.8, 4) is 39.9 Å². The molecule has 6 rings (SSSR count). The molecular weight excluding hydrogens is 430 g/mol. The van der Waals surface area contributed by atoms with Crippen LogP contribution in [0.5, 0.6) is 0 Å². The molecule has 3 aromatic heterocycles. The Balaban J connectivity index is 1.58. The molecule has 0 N–H and O–H groups in total. The molecule has 0 aliphatic heterocycles. The van der Waals surface area contributed by atoms with Crippen molar-refractivity contribution in [2.24, 2.45) is 7.05 Å². The second-order valence-corrected chi connectivity index (χ2v) is 8.85. The summed E-state index contributed by atoms with van der Waals surface area (Å²) in [7, 11) is 1.98. The van der Waals surface area contributed by atoms with Crippen molar-refractivity contribution in [3.05, 3.63) is 108 Å². The van der Waals surface area contributed by atoms with Gasteiger partial charge in [0.25, 0.3) is 0 Å². The molecule has 0 saturated carbocycles. The van der Waals surface area contributed by atoms with E-state index in [1.165, 1.54) is 16.7 Å². The van der Waals surface area contributed by atoms with Gasteiger partial charge in [-0.2, -0.15) is 0 Å². The quantitative estimate of drug-likeness (QED) is 0.295. The molecule has 0 unspecified atom stereocenters. The Morgan fingerprint density at radius 1 is 0.686 bits per heavy atom. The minimum absolute atomic E-state index is 0.847. The van der Waals surface area contributed by atoms with Crippen molar-refractivity contribution in [1.29, 1.82) is 0 Å². The molecule has 5 heteroatoms. The van der Waals surface area contributed by atoms with E-state index in [-0.39, 0.29) is 0 Å². The average Bonchev–Trinajstić information content (AvgIpc) is 3.47. The molecule has 3 aromatic carbocycles. The smallest absolute Gasteiger partial charge is 0.158 e. The zero-order valence-electron chi connectivity index (χ0n) is 20.0. The van der Waals surface area contributed by atoms with Crippen LogP contribution in [-0.2, 0) is 7.05 Å². The van der Waals surface area contributed by atoms with Crippen molar-refractivity contribution in [1.82, 2.24) is 24.1 Å². The summed E-state index contributed by atoms with van der Waals surface area (Å²) in [6.07, 6.45) is 3.73. The minimum Gasteiger partial charge on any atom is -0.333 e. The van der Waals surface area contributed by atoms with Gasteiger partial charge >= 0.3 is 0 Å². The number of imidazole rings is 2. The number of aryl methyl sites for hydroxylation is 3. The molecule has 35 heavy (non-hydrogen) atoms. The second-order valence-electron chi connectivity index (χ2n) is 8.85. The van der Waals surface area contributed by atoms with Crippen LogP contribution in [0.4, 0.5) is 0 Å². The predicted octanol–water partition coefficient (Wildman–Crippen LogP) is 6.77. The first-order valence-corrected chi connectivity index (χ1v) is 11.7. The summed E-state index contributed by atoms with van der Waals surface area (Å²) in [5.74, 6) is 1.80. The van der Waals surface area contributed by atoms with Crippen molar-refractivity contribution in [2.45, 2.75) is 13.8 Å². The molecular formula is C30H25N5. The van der Waals surface area contributed by atoms with Gasteiger partial charge in [-0.1, -0.05) is 48.5 Å². The molecule has 0 fully saturated rings. The van der Waals surface area contributed by atoms with Crippen LogP contribution >= 0.6 is 0 Å². The van der Waals surface area contributed by atoms with Gasteiger partial charge in [0, 0.05) is 36.3 Å². The summed E-state index contributed by atoms with van der Waals surface area (Å²) < 4.78 is 4.24. The number of para-hydroxylation sites is 1. The number of benzene rings is 3. The first-order chi connectivity index (χ1) is 17.1. The highest BCUT2D eigenvalue weighted by molar-refractivity contribution is 5.88. The van der Waals surface area contributed by atoms with E-state index in [0.29, 0.717) is 0 Å². The summed E-state index contributed by atoms with van der Waals surface area (Å²) in [5.41, 5.74) is 9.47. The van der Waals surface area contributed by atoms with Gasteiger partial charge < -0.3 is 4.57 Å². The van der Waals surface area contributed by atoms with Crippen LogP contribution in [0, 0.1) is 13.8 Å². The van der Waals surface area contributed by atoms with E-state index in [1.54, 1.807) is 6.20 Å². The first kappa shape index (κ1) is 21.1. The fourth-order valence-electron chi connectivity index (χ4n) is 4.74. The van der Waals surface area contributed by atoms with E-state index in [0.717, 1.165) is 45.3 Å². The van der Waals surface area contributed by atoms with Crippen LogP contribution in [0.1, 0.15) is 11.1 Å². The number of nitrogens with zero attached hydrogens (tertiary/aromatic N) is 5. The van der Waals surface area contributed by atoms with Crippen LogP contribution in [0.2, 0.25) is 0 Å². The molecule has 3 heterocycles. The van der Waals surface area contributed by atoms with Crippen LogP contribution in [-0.4, -0.2) is 24.1 Å². The lowest BCUT2D eigenvalue weighted by molar-refractivity contribution is 0.918. The molecule has 0 amide bonds. The Morgan fingerprint density at radius 3 is 2.17 bits per heavy atom. The van der Waals surface area contributed by atoms with Gasteiger partial charge in [-0.05, 0) is 61.4 Å². The van der Waals surface area contributed by atoms with Gasteiger partial charge in [0.15, 0.2) is 5.82 Å². The lowest BCUT2D eigenvalue weighted by Gasteiger charge is -2.13. The predicted molar refractivity (Wildman–Crippen MR) is 141 cm³/mol. The number of hydrogen-bond donors (Lipinski definition) is 0. The molecule has 0 saturated heterocycles. The maximum absolute atomic E-state index is 5.11. The van der Waals surface area contributed by atoms with E-state index in [1.807, 2.05) is 42.1 Å². The monoisotopic (exact) mass is 455 g/mol. The van der Waals surface area contributed by atoms with E-state index in [9.17, 15) is 0 Å². The lowest BCUT2D eigenvalue weighted by atomic mass is 10.0. The molecule has 6 aromatic rings. The summed E-state index contributed by atoms with van der Waals surface area (Å²) in [5, 5.41) is 0. The van der Waals surface area contributed by atoms with Crippen LogP contribution in [0.15, 0.2) is 97.3 Å². The maximum atomic E-state index is 5.11. The van der Waals surface area contributed by atoms with Gasteiger partial charge in [0.05, 0.1) is 16.7 Å². The molecule has 0 bridgehead atoms. The highest BCUT2D eigenvalue weighted by Gasteiger charge is 2.18. The third-order valence-electron chi connectivity index (χ3n) is 6.47. The number of hydrogen-bond acceptors (Lipinski definition) is 3. The van der Waals surface area contributed by atoms with Crippen LogP contribution in [0.3, 0.4) is 0 Å². The fraction of sp³-hybridized carbons (Fsp3) is 0.100. The van der Waals surface area contributed by atoms with Gasteiger partial charge in [0.1, 0.15) is 11.5 Å². The molecule has 0 aliphatic carbocycles. The third kappa shape index (κ3) is 3.62. The Kier molecular flexibility index (Phi) is 5.03. The molecule has 0 radical (unpaired) electrons. The van der Waals surface area contributed by atoms with Crippen LogP contribution in [0.25, 0.3) is 50.9 Å². The number of fused-ring (bicyclic) bond motifs is 1. The zero-order valence-corrected chi connectivity index (χ0v) is 20.0. The summed E-state index contributed by atoms with van der Waals surface area (Å²) in [4.78, 5) is 14.5. The van der Waals surface area contributed by atoms with E-state index in [2.05, 4.69) is 84.1 Å². The zero-order chi connectivity index (χ0) is 23.9. The normalized spacial score (nSPS) is 11.3. The minimum atomic E-state index is 0.847. The van der Waals surface area contributed by atoms with Gasteiger partial charge in [0.2, 0.25) is 0 Å². The van der Waals surface area contributed by atoms with Crippen molar-refractivity contribution < 1.29 is 0 Å². The molecule has 170 valence electrons. The van der Waals surface area contributed by atoms with Gasteiger partial charge in [-0.25, -0.2) is 15.0 Å². The van der Waals surface area contributed by atoms with E-state index < -0.39 is 0 Å². The lowest BCUT2D eigenvalue weighted by Crippen LogP contribution is -2.00. The fourth-order valence-corrected chi connectivity index (χ4v) is 4.74.